The van der Waals surface area contributed by atoms with Gasteiger partial charge in [-0.1, -0.05) is 65.8 Å². The van der Waals surface area contributed by atoms with E-state index in [0.717, 1.165) is 22.3 Å². The molecule has 37 heavy (non-hydrogen) atoms. The molecule has 8 heteroatoms. The van der Waals surface area contributed by atoms with Crippen LogP contribution in [0.15, 0.2) is 89.7 Å². The summed E-state index contributed by atoms with van der Waals surface area (Å²) in [5.41, 5.74) is 5.43. The van der Waals surface area contributed by atoms with Crippen molar-refractivity contribution in [2.24, 2.45) is 0 Å². The topological polar surface area (TPSA) is 85.8 Å². The van der Waals surface area contributed by atoms with E-state index in [-0.39, 0.29) is 18.1 Å². The molecule has 0 unspecified atom stereocenters. The SMILES string of the molecule is Cc1ccc(-c2noc(CCC(=O)NCc3ccccc3-c3ccc(Cn4cccn4)cc3)n2)cc1F. The Hall–Kier alpha value is -4.59. The van der Waals surface area contributed by atoms with E-state index in [4.69, 9.17) is 4.52 Å². The third-order valence-electron chi connectivity index (χ3n) is 6.13. The number of hydrogen-bond acceptors (Lipinski definition) is 5. The fourth-order valence-electron chi connectivity index (χ4n) is 4.04. The second-order valence-corrected chi connectivity index (χ2v) is 8.81. The third kappa shape index (κ3) is 5.98. The minimum atomic E-state index is -0.325. The summed E-state index contributed by atoms with van der Waals surface area (Å²) in [5.74, 6) is 0.194. The maximum absolute atomic E-state index is 13.8. The minimum absolute atomic E-state index is 0.120. The molecule has 186 valence electrons. The van der Waals surface area contributed by atoms with Crippen molar-refractivity contribution in [2.75, 3.05) is 0 Å². The van der Waals surface area contributed by atoms with Crippen LogP contribution in [0, 0.1) is 12.7 Å². The van der Waals surface area contributed by atoms with Crippen molar-refractivity contribution < 1.29 is 13.7 Å². The standard InChI is InChI=1S/C29H26FN5O2/c1-20-7-10-23(17-26(20)30)29-33-28(37-34-29)14-13-27(36)31-18-24-5-2-3-6-25(24)22-11-8-21(9-12-22)19-35-16-4-15-32-35/h2-12,15-17H,13-14,18-19H2,1H3,(H,31,36). The predicted octanol–water partition coefficient (Wildman–Crippen LogP) is 5.34. The molecular formula is C29H26FN5O2. The predicted molar refractivity (Wildman–Crippen MR) is 138 cm³/mol. The number of halogens is 1. The van der Waals surface area contributed by atoms with Gasteiger partial charge in [-0.25, -0.2) is 4.39 Å². The van der Waals surface area contributed by atoms with Crippen molar-refractivity contribution >= 4 is 5.91 Å². The molecule has 1 amide bonds. The number of nitrogens with one attached hydrogen (secondary N) is 1. The highest BCUT2D eigenvalue weighted by molar-refractivity contribution is 5.76. The van der Waals surface area contributed by atoms with E-state index < -0.39 is 0 Å². The summed E-state index contributed by atoms with van der Waals surface area (Å²) in [6.45, 7) is 2.81. The van der Waals surface area contributed by atoms with Gasteiger partial charge in [-0.05, 0) is 46.9 Å². The number of carbonyl (C=O) groups is 1. The number of rotatable bonds is 9. The zero-order valence-corrected chi connectivity index (χ0v) is 20.4. The average molecular weight is 496 g/mol. The lowest BCUT2D eigenvalue weighted by Gasteiger charge is -2.12. The van der Waals surface area contributed by atoms with E-state index in [2.05, 4.69) is 50.9 Å². The van der Waals surface area contributed by atoms with E-state index in [9.17, 15) is 9.18 Å². The second-order valence-electron chi connectivity index (χ2n) is 8.81. The number of amides is 1. The molecule has 5 aromatic rings. The zero-order valence-electron chi connectivity index (χ0n) is 20.4. The number of aromatic nitrogens is 4. The molecule has 0 saturated heterocycles. The van der Waals surface area contributed by atoms with Gasteiger partial charge in [0.15, 0.2) is 0 Å². The fraction of sp³-hybridized carbons (Fsp3) is 0.172. The first-order chi connectivity index (χ1) is 18.0. The van der Waals surface area contributed by atoms with Crippen molar-refractivity contribution in [3.8, 4) is 22.5 Å². The van der Waals surface area contributed by atoms with Gasteiger partial charge in [0.2, 0.25) is 17.6 Å². The van der Waals surface area contributed by atoms with E-state index in [1.807, 2.05) is 35.1 Å². The van der Waals surface area contributed by atoms with Crippen molar-refractivity contribution in [3.63, 3.8) is 0 Å². The minimum Gasteiger partial charge on any atom is -0.352 e. The van der Waals surface area contributed by atoms with Crippen LogP contribution in [0.5, 0.6) is 0 Å². The average Bonchev–Trinajstić information content (AvgIpc) is 3.61. The van der Waals surface area contributed by atoms with Crippen LogP contribution in [0.4, 0.5) is 4.39 Å². The van der Waals surface area contributed by atoms with Gasteiger partial charge in [0.05, 0.1) is 6.54 Å². The first-order valence-corrected chi connectivity index (χ1v) is 12.1. The Kier molecular flexibility index (Phi) is 7.16. The summed E-state index contributed by atoms with van der Waals surface area (Å²) in [6, 6.07) is 23.1. The van der Waals surface area contributed by atoms with E-state index >= 15 is 0 Å². The fourth-order valence-corrected chi connectivity index (χ4v) is 4.04. The van der Waals surface area contributed by atoms with Gasteiger partial charge in [-0.2, -0.15) is 10.1 Å². The number of carbonyl (C=O) groups excluding carboxylic acids is 1. The summed E-state index contributed by atoms with van der Waals surface area (Å²) in [5, 5.41) is 11.1. The second kappa shape index (κ2) is 11.0. The van der Waals surface area contributed by atoms with Crippen molar-refractivity contribution in [1.29, 1.82) is 0 Å². The Morgan fingerprint density at radius 2 is 1.84 bits per heavy atom. The molecule has 0 aliphatic rings. The van der Waals surface area contributed by atoms with Gasteiger partial charge in [0, 0.05) is 37.3 Å². The molecule has 3 aromatic carbocycles. The van der Waals surface area contributed by atoms with Crippen LogP contribution in [0.3, 0.4) is 0 Å². The molecule has 7 nitrogen and oxygen atoms in total. The highest BCUT2D eigenvalue weighted by Gasteiger charge is 2.13. The zero-order chi connectivity index (χ0) is 25.6. The molecule has 0 atom stereocenters. The molecule has 0 radical (unpaired) electrons. The third-order valence-corrected chi connectivity index (χ3v) is 6.13. The maximum atomic E-state index is 13.8. The van der Waals surface area contributed by atoms with Crippen LogP contribution >= 0.6 is 0 Å². The van der Waals surface area contributed by atoms with Gasteiger partial charge in [0.1, 0.15) is 5.82 Å². The number of benzene rings is 3. The van der Waals surface area contributed by atoms with E-state index in [0.29, 0.717) is 42.4 Å². The Morgan fingerprint density at radius 1 is 1.03 bits per heavy atom. The van der Waals surface area contributed by atoms with Gasteiger partial charge in [-0.15, -0.1) is 0 Å². The largest absolute Gasteiger partial charge is 0.352 e. The molecular weight excluding hydrogens is 469 g/mol. The van der Waals surface area contributed by atoms with Crippen molar-refractivity contribution in [2.45, 2.75) is 32.9 Å². The van der Waals surface area contributed by atoms with Crippen molar-refractivity contribution in [1.82, 2.24) is 25.2 Å². The molecule has 2 heterocycles. The number of nitrogens with zero attached hydrogens (tertiary/aromatic N) is 4. The molecule has 0 bridgehead atoms. The quantitative estimate of drug-likeness (QED) is 0.298. The number of aryl methyl sites for hydroxylation is 2. The van der Waals surface area contributed by atoms with Crippen LogP contribution in [0.25, 0.3) is 22.5 Å². The van der Waals surface area contributed by atoms with E-state index in [1.54, 1.807) is 25.3 Å². The smallest absolute Gasteiger partial charge is 0.227 e. The first kappa shape index (κ1) is 24.1. The first-order valence-electron chi connectivity index (χ1n) is 12.1. The molecule has 0 fully saturated rings. The molecule has 0 aliphatic carbocycles. The normalized spacial score (nSPS) is 11.0. The van der Waals surface area contributed by atoms with Gasteiger partial charge >= 0.3 is 0 Å². The van der Waals surface area contributed by atoms with Gasteiger partial charge < -0.3 is 9.84 Å². The highest BCUT2D eigenvalue weighted by atomic mass is 19.1. The Morgan fingerprint density at radius 3 is 2.62 bits per heavy atom. The molecule has 1 N–H and O–H groups in total. The Balaban J connectivity index is 1.17. The summed E-state index contributed by atoms with van der Waals surface area (Å²) < 4.78 is 21.0. The maximum Gasteiger partial charge on any atom is 0.227 e. The summed E-state index contributed by atoms with van der Waals surface area (Å²) >= 11 is 0. The molecule has 0 saturated carbocycles. The van der Waals surface area contributed by atoms with Crippen molar-refractivity contribution in [3.05, 3.63) is 114 Å². The van der Waals surface area contributed by atoms with Crippen LogP contribution in [0.1, 0.15) is 29.0 Å². The Bertz CT molecular complexity index is 1490. The summed E-state index contributed by atoms with van der Waals surface area (Å²) in [6.07, 6.45) is 4.21. The van der Waals surface area contributed by atoms with Crippen LogP contribution in [0.2, 0.25) is 0 Å². The molecule has 5 rings (SSSR count). The van der Waals surface area contributed by atoms with Crippen LogP contribution < -0.4 is 5.32 Å². The monoisotopic (exact) mass is 495 g/mol. The van der Waals surface area contributed by atoms with Crippen LogP contribution in [-0.4, -0.2) is 25.8 Å². The lowest BCUT2D eigenvalue weighted by Crippen LogP contribution is -2.23. The molecule has 0 spiro atoms. The van der Waals surface area contributed by atoms with Crippen LogP contribution in [-0.2, 0) is 24.3 Å². The summed E-state index contributed by atoms with van der Waals surface area (Å²) in [7, 11) is 0. The van der Waals surface area contributed by atoms with Gasteiger partial charge in [-0.3, -0.25) is 9.48 Å². The number of hydrogen-bond donors (Lipinski definition) is 1. The lowest BCUT2D eigenvalue weighted by molar-refractivity contribution is -0.121. The molecule has 2 aromatic heterocycles. The highest BCUT2D eigenvalue weighted by Crippen LogP contribution is 2.24. The molecule has 0 aliphatic heterocycles. The lowest BCUT2D eigenvalue weighted by atomic mass is 9.98. The summed E-state index contributed by atoms with van der Waals surface area (Å²) in [4.78, 5) is 16.8. The van der Waals surface area contributed by atoms with E-state index in [1.165, 1.54) is 6.07 Å². The van der Waals surface area contributed by atoms with Gasteiger partial charge in [0.25, 0.3) is 0 Å². The Labute approximate surface area is 214 Å².